The van der Waals surface area contributed by atoms with E-state index >= 15 is 0 Å². The van der Waals surface area contributed by atoms with Crippen LogP contribution in [0.4, 0.5) is 13.6 Å². The number of hydrogen-bond acceptors (Lipinski definition) is 2. The SMILES string of the molecule is O=C1N[C@H](c2c(F)ccc(Cl)c2F)CO1. The highest BCUT2D eigenvalue weighted by molar-refractivity contribution is 6.30. The van der Waals surface area contributed by atoms with Crippen LogP contribution in [0, 0.1) is 11.6 Å². The summed E-state index contributed by atoms with van der Waals surface area (Å²) in [6.07, 6.45) is -0.696. The highest BCUT2D eigenvalue weighted by Crippen LogP contribution is 2.28. The van der Waals surface area contributed by atoms with E-state index in [0.29, 0.717) is 0 Å². The molecule has 1 fully saturated rings. The fourth-order valence-electron chi connectivity index (χ4n) is 1.40. The minimum atomic E-state index is -0.868. The summed E-state index contributed by atoms with van der Waals surface area (Å²) in [7, 11) is 0. The molecule has 0 radical (unpaired) electrons. The fraction of sp³-hybridized carbons (Fsp3) is 0.222. The van der Waals surface area contributed by atoms with Crippen molar-refractivity contribution in [2.24, 2.45) is 0 Å². The molecular formula is C9H6ClF2NO2. The second-order valence-corrected chi connectivity index (χ2v) is 3.46. The van der Waals surface area contributed by atoms with Gasteiger partial charge in [0.25, 0.3) is 0 Å². The van der Waals surface area contributed by atoms with E-state index in [1.807, 2.05) is 0 Å². The first kappa shape index (κ1) is 10.2. The Morgan fingerprint density at radius 1 is 1.47 bits per heavy atom. The summed E-state index contributed by atoms with van der Waals surface area (Å²) in [6, 6.07) is 1.34. The molecule has 0 saturated carbocycles. The van der Waals surface area contributed by atoms with Crippen LogP contribution < -0.4 is 5.32 Å². The standard InChI is InChI=1S/C9H6ClF2NO2/c10-4-1-2-5(11)7(8(4)12)6-3-15-9(14)13-6/h1-2,6H,3H2,(H,13,14)/t6-/m0/s1. The van der Waals surface area contributed by atoms with Crippen molar-refractivity contribution < 1.29 is 18.3 Å². The topological polar surface area (TPSA) is 38.3 Å². The first-order valence-corrected chi connectivity index (χ1v) is 4.54. The van der Waals surface area contributed by atoms with Gasteiger partial charge in [-0.1, -0.05) is 11.6 Å². The quantitative estimate of drug-likeness (QED) is 0.757. The molecule has 3 nitrogen and oxygen atoms in total. The van der Waals surface area contributed by atoms with Crippen LogP contribution in [0.5, 0.6) is 0 Å². The van der Waals surface area contributed by atoms with Crippen LogP contribution in [-0.2, 0) is 4.74 Å². The zero-order valence-corrected chi connectivity index (χ0v) is 8.15. The molecule has 15 heavy (non-hydrogen) atoms. The van der Waals surface area contributed by atoms with Crippen molar-refractivity contribution in [1.82, 2.24) is 5.32 Å². The highest BCUT2D eigenvalue weighted by atomic mass is 35.5. The van der Waals surface area contributed by atoms with Crippen LogP contribution >= 0.6 is 11.6 Å². The summed E-state index contributed by atoms with van der Waals surface area (Å²) in [5.74, 6) is -1.62. The molecule has 1 amide bonds. The average Bonchev–Trinajstić information content (AvgIpc) is 2.59. The van der Waals surface area contributed by atoms with Crippen molar-refractivity contribution in [3.8, 4) is 0 Å². The lowest BCUT2D eigenvalue weighted by atomic mass is 10.1. The van der Waals surface area contributed by atoms with E-state index in [9.17, 15) is 13.6 Å². The van der Waals surface area contributed by atoms with Gasteiger partial charge in [0.2, 0.25) is 0 Å². The summed E-state index contributed by atoms with van der Waals surface area (Å²) in [6.45, 7) is -0.104. The predicted molar refractivity (Wildman–Crippen MR) is 48.6 cm³/mol. The Kier molecular flexibility index (Phi) is 2.48. The molecule has 2 rings (SSSR count). The second kappa shape index (κ2) is 3.66. The molecule has 1 heterocycles. The number of hydrogen-bond donors (Lipinski definition) is 1. The van der Waals surface area contributed by atoms with E-state index in [1.54, 1.807) is 0 Å². The Morgan fingerprint density at radius 2 is 2.20 bits per heavy atom. The van der Waals surface area contributed by atoms with Gasteiger partial charge in [0.05, 0.1) is 16.6 Å². The Balaban J connectivity index is 2.43. The third-order valence-corrected chi connectivity index (χ3v) is 2.39. The molecule has 1 aliphatic heterocycles. The number of cyclic esters (lactones) is 1. The normalized spacial score (nSPS) is 19.9. The van der Waals surface area contributed by atoms with E-state index in [-0.39, 0.29) is 17.2 Å². The van der Waals surface area contributed by atoms with Crippen molar-refractivity contribution in [2.45, 2.75) is 6.04 Å². The zero-order chi connectivity index (χ0) is 11.0. The number of carbonyl (C=O) groups excluding carboxylic acids is 1. The van der Waals surface area contributed by atoms with Crippen molar-refractivity contribution in [3.05, 3.63) is 34.4 Å². The third kappa shape index (κ3) is 1.74. The van der Waals surface area contributed by atoms with E-state index in [1.165, 1.54) is 0 Å². The van der Waals surface area contributed by atoms with Gasteiger partial charge in [0.1, 0.15) is 18.2 Å². The zero-order valence-electron chi connectivity index (χ0n) is 7.39. The molecule has 1 saturated heterocycles. The van der Waals surface area contributed by atoms with Crippen LogP contribution in [0.2, 0.25) is 5.02 Å². The van der Waals surface area contributed by atoms with Gasteiger partial charge in [-0.25, -0.2) is 13.6 Å². The summed E-state index contributed by atoms with van der Waals surface area (Å²) in [5.41, 5.74) is -0.270. The molecule has 1 aliphatic rings. The number of ether oxygens (including phenoxy) is 1. The summed E-state index contributed by atoms with van der Waals surface area (Å²) in [5, 5.41) is 2.09. The minimum absolute atomic E-state index is 0.104. The van der Waals surface area contributed by atoms with Crippen molar-refractivity contribution in [2.75, 3.05) is 6.61 Å². The van der Waals surface area contributed by atoms with Gasteiger partial charge in [-0.15, -0.1) is 0 Å². The number of halogens is 3. The Bertz CT molecular complexity index is 425. The average molecular weight is 234 g/mol. The van der Waals surface area contributed by atoms with Crippen LogP contribution in [0.3, 0.4) is 0 Å². The lowest BCUT2D eigenvalue weighted by Crippen LogP contribution is -2.20. The number of carbonyl (C=O) groups is 1. The van der Waals surface area contributed by atoms with Gasteiger partial charge < -0.3 is 10.1 Å². The van der Waals surface area contributed by atoms with E-state index in [2.05, 4.69) is 10.1 Å². The molecule has 0 spiro atoms. The van der Waals surface area contributed by atoms with Gasteiger partial charge in [0, 0.05) is 0 Å². The molecular weight excluding hydrogens is 228 g/mol. The Hall–Kier alpha value is -1.36. The minimum Gasteiger partial charge on any atom is -0.447 e. The van der Waals surface area contributed by atoms with Crippen molar-refractivity contribution >= 4 is 17.7 Å². The summed E-state index contributed by atoms with van der Waals surface area (Å²) >= 11 is 5.51. The third-order valence-electron chi connectivity index (χ3n) is 2.10. The highest BCUT2D eigenvalue weighted by Gasteiger charge is 2.29. The second-order valence-electron chi connectivity index (χ2n) is 3.05. The van der Waals surface area contributed by atoms with Crippen molar-refractivity contribution in [1.29, 1.82) is 0 Å². The molecule has 1 aromatic carbocycles. The summed E-state index contributed by atoms with van der Waals surface area (Å²) in [4.78, 5) is 10.7. The maximum absolute atomic E-state index is 13.5. The first-order valence-electron chi connectivity index (χ1n) is 4.16. The van der Waals surface area contributed by atoms with Gasteiger partial charge in [-0.3, -0.25) is 0 Å². The van der Waals surface area contributed by atoms with Gasteiger partial charge >= 0.3 is 6.09 Å². The van der Waals surface area contributed by atoms with Gasteiger partial charge in [-0.2, -0.15) is 0 Å². The smallest absolute Gasteiger partial charge is 0.407 e. The maximum Gasteiger partial charge on any atom is 0.407 e. The number of rotatable bonds is 1. The number of alkyl carbamates (subject to hydrolysis) is 1. The molecule has 6 heteroatoms. The molecule has 0 unspecified atom stereocenters. The van der Waals surface area contributed by atoms with E-state index in [0.717, 1.165) is 12.1 Å². The number of benzene rings is 1. The van der Waals surface area contributed by atoms with Crippen LogP contribution in [0.1, 0.15) is 11.6 Å². The molecule has 0 aromatic heterocycles. The maximum atomic E-state index is 13.5. The largest absolute Gasteiger partial charge is 0.447 e. The first-order chi connectivity index (χ1) is 7.09. The lowest BCUT2D eigenvalue weighted by molar-refractivity contribution is 0.176. The Morgan fingerprint density at radius 3 is 2.80 bits per heavy atom. The van der Waals surface area contributed by atoms with Crippen LogP contribution in [0.15, 0.2) is 12.1 Å². The number of amides is 1. The van der Waals surface area contributed by atoms with Crippen LogP contribution in [0.25, 0.3) is 0 Å². The Labute approximate surface area is 89.0 Å². The molecule has 0 bridgehead atoms. The molecule has 80 valence electrons. The monoisotopic (exact) mass is 233 g/mol. The lowest BCUT2D eigenvalue weighted by Gasteiger charge is -2.10. The van der Waals surface area contributed by atoms with Gasteiger partial charge in [-0.05, 0) is 12.1 Å². The predicted octanol–water partition coefficient (Wildman–Crippen LogP) is 2.40. The molecule has 1 atom stereocenters. The fourth-order valence-corrected chi connectivity index (χ4v) is 1.57. The van der Waals surface area contributed by atoms with Crippen molar-refractivity contribution in [3.63, 3.8) is 0 Å². The van der Waals surface area contributed by atoms with E-state index < -0.39 is 23.8 Å². The van der Waals surface area contributed by atoms with Crippen LogP contribution in [-0.4, -0.2) is 12.7 Å². The van der Waals surface area contributed by atoms with Gasteiger partial charge in [0.15, 0.2) is 0 Å². The summed E-state index contributed by atoms with van der Waals surface area (Å²) < 4.78 is 31.3. The molecule has 1 aromatic rings. The molecule has 1 N–H and O–H groups in total. The van der Waals surface area contributed by atoms with E-state index in [4.69, 9.17) is 11.6 Å². The molecule has 0 aliphatic carbocycles. The number of nitrogens with one attached hydrogen (secondary N) is 1.